The van der Waals surface area contributed by atoms with Crippen molar-refractivity contribution in [2.75, 3.05) is 18.0 Å². The molecule has 112 valence electrons. The molecule has 20 heavy (non-hydrogen) atoms. The maximum atomic E-state index is 4.71. The van der Waals surface area contributed by atoms with Crippen molar-refractivity contribution in [2.45, 2.75) is 65.0 Å². The fourth-order valence-electron chi connectivity index (χ4n) is 3.11. The highest BCUT2D eigenvalue weighted by Gasteiger charge is 2.22. The molecule has 2 heterocycles. The summed E-state index contributed by atoms with van der Waals surface area (Å²) in [6, 6.07) is 4.95. The normalized spacial score (nSPS) is 19.9. The lowest BCUT2D eigenvalue weighted by atomic mass is 10.1. The van der Waals surface area contributed by atoms with Crippen LogP contribution in [0.5, 0.6) is 0 Å². The molecule has 1 aliphatic rings. The van der Waals surface area contributed by atoms with E-state index in [1.165, 1.54) is 49.9 Å². The SMILES string of the molecule is CCCNCc1cccnc1N1CCCCCC1CC. The van der Waals surface area contributed by atoms with Gasteiger partial charge < -0.3 is 10.2 Å². The second-order valence-electron chi connectivity index (χ2n) is 5.77. The number of pyridine rings is 1. The molecule has 0 spiro atoms. The van der Waals surface area contributed by atoms with Crippen LogP contribution in [0.3, 0.4) is 0 Å². The van der Waals surface area contributed by atoms with Crippen LogP contribution < -0.4 is 10.2 Å². The molecule has 2 rings (SSSR count). The van der Waals surface area contributed by atoms with Crippen LogP contribution in [-0.2, 0) is 6.54 Å². The fourth-order valence-corrected chi connectivity index (χ4v) is 3.11. The van der Waals surface area contributed by atoms with Gasteiger partial charge in [0, 0.05) is 30.9 Å². The van der Waals surface area contributed by atoms with Crippen molar-refractivity contribution in [2.24, 2.45) is 0 Å². The van der Waals surface area contributed by atoms with E-state index in [4.69, 9.17) is 4.98 Å². The summed E-state index contributed by atoms with van der Waals surface area (Å²) in [7, 11) is 0. The fraction of sp³-hybridized carbons (Fsp3) is 0.706. The van der Waals surface area contributed by atoms with Gasteiger partial charge in [-0.2, -0.15) is 0 Å². The summed E-state index contributed by atoms with van der Waals surface area (Å²) in [5, 5.41) is 3.51. The lowest BCUT2D eigenvalue weighted by Gasteiger charge is -2.32. The van der Waals surface area contributed by atoms with E-state index >= 15 is 0 Å². The lowest BCUT2D eigenvalue weighted by Crippen LogP contribution is -2.36. The Bertz CT molecular complexity index is 392. The molecule has 0 aromatic carbocycles. The molecule has 3 nitrogen and oxygen atoms in total. The van der Waals surface area contributed by atoms with Gasteiger partial charge in [0.1, 0.15) is 5.82 Å². The van der Waals surface area contributed by atoms with Crippen LogP contribution in [0.25, 0.3) is 0 Å². The first-order valence-corrected chi connectivity index (χ1v) is 8.28. The standard InChI is InChI=1S/C17H29N3/c1-3-11-18-14-15-9-8-12-19-17(15)20-13-7-5-6-10-16(20)4-2/h8-9,12,16,18H,3-7,10-11,13-14H2,1-2H3. The van der Waals surface area contributed by atoms with Crippen molar-refractivity contribution in [3.63, 3.8) is 0 Å². The van der Waals surface area contributed by atoms with Gasteiger partial charge in [0.2, 0.25) is 0 Å². The molecule has 0 radical (unpaired) electrons. The highest BCUT2D eigenvalue weighted by atomic mass is 15.2. The van der Waals surface area contributed by atoms with Crippen molar-refractivity contribution < 1.29 is 0 Å². The Hall–Kier alpha value is -1.09. The highest BCUT2D eigenvalue weighted by Crippen LogP contribution is 2.26. The number of aromatic nitrogens is 1. The second kappa shape index (κ2) is 8.25. The van der Waals surface area contributed by atoms with Crippen molar-refractivity contribution >= 4 is 5.82 Å². The summed E-state index contributed by atoms with van der Waals surface area (Å²) in [4.78, 5) is 7.27. The molecule has 1 aromatic rings. The second-order valence-corrected chi connectivity index (χ2v) is 5.77. The molecular formula is C17H29N3. The summed E-state index contributed by atoms with van der Waals surface area (Å²) >= 11 is 0. The Morgan fingerprint density at radius 3 is 3.00 bits per heavy atom. The third kappa shape index (κ3) is 3.95. The van der Waals surface area contributed by atoms with E-state index in [1.54, 1.807) is 0 Å². The first kappa shape index (κ1) is 15.3. The van der Waals surface area contributed by atoms with Crippen molar-refractivity contribution in [1.29, 1.82) is 0 Å². The average Bonchev–Trinajstić information content (AvgIpc) is 2.73. The topological polar surface area (TPSA) is 28.2 Å². The Morgan fingerprint density at radius 1 is 1.30 bits per heavy atom. The van der Waals surface area contributed by atoms with Gasteiger partial charge in [-0.3, -0.25) is 0 Å². The van der Waals surface area contributed by atoms with Crippen LogP contribution in [0, 0.1) is 0 Å². The van der Waals surface area contributed by atoms with Gasteiger partial charge in [-0.1, -0.05) is 32.8 Å². The molecule has 1 aliphatic heterocycles. The number of hydrogen-bond donors (Lipinski definition) is 1. The highest BCUT2D eigenvalue weighted by molar-refractivity contribution is 5.47. The monoisotopic (exact) mass is 275 g/mol. The Labute approximate surface area is 123 Å². The van der Waals surface area contributed by atoms with E-state index in [-0.39, 0.29) is 0 Å². The van der Waals surface area contributed by atoms with Crippen LogP contribution in [0.4, 0.5) is 5.82 Å². The molecule has 1 saturated heterocycles. The lowest BCUT2D eigenvalue weighted by molar-refractivity contribution is 0.549. The zero-order valence-corrected chi connectivity index (χ0v) is 13.1. The molecule has 0 aliphatic carbocycles. The van der Waals surface area contributed by atoms with Crippen molar-refractivity contribution in [1.82, 2.24) is 10.3 Å². The maximum Gasteiger partial charge on any atom is 0.133 e. The molecular weight excluding hydrogens is 246 g/mol. The van der Waals surface area contributed by atoms with Crippen molar-refractivity contribution in [3.05, 3.63) is 23.9 Å². The molecule has 0 bridgehead atoms. The van der Waals surface area contributed by atoms with E-state index in [2.05, 4.69) is 36.2 Å². The van der Waals surface area contributed by atoms with Gasteiger partial charge in [0.15, 0.2) is 0 Å². The molecule has 3 heteroatoms. The molecule has 1 atom stereocenters. The zero-order valence-electron chi connectivity index (χ0n) is 13.1. The molecule has 1 N–H and O–H groups in total. The first-order valence-electron chi connectivity index (χ1n) is 8.28. The zero-order chi connectivity index (χ0) is 14.2. The Kier molecular flexibility index (Phi) is 6.31. The predicted octanol–water partition coefficient (Wildman–Crippen LogP) is 3.74. The predicted molar refractivity (Wildman–Crippen MR) is 86.1 cm³/mol. The Balaban J connectivity index is 2.16. The van der Waals surface area contributed by atoms with E-state index < -0.39 is 0 Å². The van der Waals surface area contributed by atoms with Crippen molar-refractivity contribution in [3.8, 4) is 0 Å². The van der Waals surface area contributed by atoms with Gasteiger partial charge in [-0.25, -0.2) is 4.98 Å². The summed E-state index contributed by atoms with van der Waals surface area (Å²) in [6.07, 6.45) is 9.68. The van der Waals surface area contributed by atoms with E-state index in [0.717, 1.165) is 19.6 Å². The van der Waals surface area contributed by atoms with Crippen LogP contribution in [0.2, 0.25) is 0 Å². The minimum atomic E-state index is 0.664. The summed E-state index contributed by atoms with van der Waals surface area (Å²) < 4.78 is 0. The van der Waals surface area contributed by atoms with Crippen LogP contribution >= 0.6 is 0 Å². The Morgan fingerprint density at radius 2 is 2.20 bits per heavy atom. The molecule has 1 fully saturated rings. The first-order chi connectivity index (χ1) is 9.86. The average molecular weight is 275 g/mol. The van der Waals surface area contributed by atoms with Gasteiger partial charge >= 0.3 is 0 Å². The minimum Gasteiger partial charge on any atom is -0.353 e. The van der Waals surface area contributed by atoms with E-state index in [0.29, 0.717) is 6.04 Å². The third-order valence-electron chi connectivity index (χ3n) is 4.23. The van der Waals surface area contributed by atoms with Gasteiger partial charge in [0.25, 0.3) is 0 Å². The minimum absolute atomic E-state index is 0.664. The quantitative estimate of drug-likeness (QED) is 0.802. The van der Waals surface area contributed by atoms with Gasteiger partial charge in [-0.15, -0.1) is 0 Å². The molecule has 1 aromatic heterocycles. The number of nitrogens with one attached hydrogen (secondary N) is 1. The van der Waals surface area contributed by atoms with E-state index in [9.17, 15) is 0 Å². The smallest absolute Gasteiger partial charge is 0.133 e. The summed E-state index contributed by atoms with van der Waals surface area (Å²) in [5.41, 5.74) is 1.35. The number of hydrogen-bond acceptors (Lipinski definition) is 3. The number of anilines is 1. The summed E-state index contributed by atoms with van der Waals surface area (Å²) in [5.74, 6) is 1.21. The van der Waals surface area contributed by atoms with Gasteiger partial charge in [0.05, 0.1) is 0 Å². The molecule has 0 saturated carbocycles. The molecule has 0 amide bonds. The number of nitrogens with zero attached hydrogens (tertiary/aromatic N) is 2. The van der Waals surface area contributed by atoms with Crippen LogP contribution in [0.1, 0.15) is 57.9 Å². The van der Waals surface area contributed by atoms with Gasteiger partial charge in [-0.05, 0) is 38.3 Å². The largest absolute Gasteiger partial charge is 0.353 e. The summed E-state index contributed by atoms with van der Waals surface area (Å²) in [6.45, 7) is 7.69. The third-order valence-corrected chi connectivity index (χ3v) is 4.23. The maximum absolute atomic E-state index is 4.71. The molecule has 1 unspecified atom stereocenters. The van der Waals surface area contributed by atoms with Crippen LogP contribution in [0.15, 0.2) is 18.3 Å². The van der Waals surface area contributed by atoms with E-state index in [1.807, 2.05) is 6.20 Å². The number of rotatable bonds is 6. The van der Waals surface area contributed by atoms with Crippen LogP contribution in [-0.4, -0.2) is 24.1 Å².